The highest BCUT2D eigenvalue weighted by Crippen LogP contribution is 2.51. The van der Waals surface area contributed by atoms with Gasteiger partial charge in [0.1, 0.15) is 5.82 Å². The lowest BCUT2D eigenvalue weighted by atomic mass is 10.3. The number of anilines is 1. The summed E-state index contributed by atoms with van der Waals surface area (Å²) in [6.45, 7) is 4.21. The first-order valence-corrected chi connectivity index (χ1v) is 7.81. The quantitative estimate of drug-likeness (QED) is 0.814. The van der Waals surface area contributed by atoms with Crippen molar-refractivity contribution in [2.24, 2.45) is 0 Å². The van der Waals surface area contributed by atoms with E-state index in [1.54, 1.807) is 26.1 Å². The molecule has 2 N–H and O–H groups in total. The van der Waals surface area contributed by atoms with Gasteiger partial charge in [0.15, 0.2) is 0 Å². The Morgan fingerprint density at radius 1 is 1.41 bits per heavy atom. The van der Waals surface area contributed by atoms with Gasteiger partial charge in [-0.1, -0.05) is 0 Å². The number of aromatic nitrogens is 1. The normalized spacial score (nSPS) is 11.7. The van der Waals surface area contributed by atoms with Crippen molar-refractivity contribution in [2.45, 2.75) is 20.0 Å². The largest absolute Gasteiger partial charge is 0.383 e. The van der Waals surface area contributed by atoms with Crippen molar-refractivity contribution >= 4 is 29.3 Å². The van der Waals surface area contributed by atoms with Gasteiger partial charge in [0, 0.05) is 16.2 Å². The van der Waals surface area contributed by atoms with E-state index in [0.717, 1.165) is 4.47 Å². The van der Waals surface area contributed by atoms with Crippen LogP contribution in [-0.4, -0.2) is 18.2 Å². The van der Waals surface area contributed by atoms with Crippen LogP contribution >= 0.6 is 23.5 Å². The summed E-state index contributed by atoms with van der Waals surface area (Å²) < 4.78 is 23.5. The van der Waals surface area contributed by atoms with E-state index >= 15 is 0 Å². The van der Waals surface area contributed by atoms with Gasteiger partial charge in [0.2, 0.25) is 0 Å². The number of halogens is 1. The maximum Gasteiger partial charge on any atom is 0.335 e. The molecule has 1 rings (SSSR count). The summed E-state index contributed by atoms with van der Waals surface area (Å²) in [6, 6.07) is 1.77. The highest BCUT2D eigenvalue weighted by Gasteiger charge is 2.25. The second-order valence-electron chi connectivity index (χ2n) is 3.30. The van der Waals surface area contributed by atoms with Gasteiger partial charge in [-0.2, -0.15) is 0 Å². The molecule has 0 unspecified atom stereocenters. The molecular formula is C10H16BrN2O3P. The minimum Gasteiger partial charge on any atom is -0.383 e. The van der Waals surface area contributed by atoms with E-state index in [1.165, 1.54) is 0 Å². The minimum atomic E-state index is -3.13. The molecule has 0 radical (unpaired) electrons. The number of rotatable bonds is 6. The highest BCUT2D eigenvalue weighted by atomic mass is 79.9. The van der Waals surface area contributed by atoms with Crippen molar-refractivity contribution in [3.05, 3.63) is 22.3 Å². The Labute approximate surface area is 109 Å². The molecule has 0 spiro atoms. The van der Waals surface area contributed by atoms with Gasteiger partial charge in [-0.15, -0.1) is 0 Å². The first-order chi connectivity index (χ1) is 8.00. The van der Waals surface area contributed by atoms with Crippen LogP contribution in [0.5, 0.6) is 0 Å². The Morgan fingerprint density at radius 3 is 2.53 bits per heavy atom. The van der Waals surface area contributed by atoms with Gasteiger partial charge < -0.3 is 14.8 Å². The molecule has 0 aliphatic rings. The van der Waals surface area contributed by atoms with E-state index in [9.17, 15) is 4.57 Å². The van der Waals surface area contributed by atoms with Gasteiger partial charge in [-0.05, 0) is 35.8 Å². The highest BCUT2D eigenvalue weighted by molar-refractivity contribution is 9.10. The Bertz CT molecular complexity index is 418. The molecule has 0 aliphatic heterocycles. The maximum absolute atomic E-state index is 12.3. The van der Waals surface area contributed by atoms with E-state index in [4.69, 9.17) is 14.8 Å². The Morgan fingerprint density at radius 2 is 2.00 bits per heavy atom. The second kappa shape index (κ2) is 6.50. The van der Waals surface area contributed by atoms with Crippen LogP contribution in [0, 0.1) is 0 Å². The smallest absolute Gasteiger partial charge is 0.335 e. The zero-order chi connectivity index (χ0) is 12.9. The van der Waals surface area contributed by atoms with Gasteiger partial charge in [0.25, 0.3) is 0 Å². The summed E-state index contributed by atoms with van der Waals surface area (Å²) in [4.78, 5) is 3.98. The lowest BCUT2D eigenvalue weighted by molar-refractivity contribution is 0.219. The third-order valence-corrected chi connectivity index (χ3v) is 4.45. The zero-order valence-electron chi connectivity index (χ0n) is 9.85. The Balaban J connectivity index is 2.93. The third kappa shape index (κ3) is 4.39. The SMILES string of the molecule is CCOP(=O)(Cc1cc(Br)cnc1N)OCC. The molecule has 1 aromatic rings. The molecule has 0 bridgehead atoms. The van der Waals surface area contributed by atoms with Gasteiger partial charge >= 0.3 is 7.60 Å². The zero-order valence-corrected chi connectivity index (χ0v) is 12.3. The van der Waals surface area contributed by atoms with Gasteiger partial charge in [-0.25, -0.2) is 4.98 Å². The lowest BCUT2D eigenvalue weighted by Crippen LogP contribution is -2.03. The Hall–Kier alpha value is -0.420. The van der Waals surface area contributed by atoms with Crippen molar-refractivity contribution in [3.8, 4) is 0 Å². The molecule has 0 amide bonds. The molecule has 0 saturated carbocycles. The summed E-state index contributed by atoms with van der Waals surface area (Å²) in [5.41, 5.74) is 6.38. The average Bonchev–Trinajstić information content (AvgIpc) is 2.24. The van der Waals surface area contributed by atoms with Crippen LogP contribution < -0.4 is 5.73 Å². The van der Waals surface area contributed by atoms with Crippen LogP contribution in [-0.2, 0) is 19.8 Å². The molecule has 7 heteroatoms. The summed E-state index contributed by atoms with van der Waals surface area (Å²) in [5, 5.41) is 0. The van der Waals surface area contributed by atoms with E-state index in [2.05, 4.69) is 20.9 Å². The molecule has 0 fully saturated rings. The van der Waals surface area contributed by atoms with E-state index in [-0.39, 0.29) is 6.16 Å². The first-order valence-electron chi connectivity index (χ1n) is 5.28. The Kier molecular flexibility index (Phi) is 5.59. The molecule has 0 atom stereocenters. The summed E-state index contributed by atoms with van der Waals surface area (Å²) in [7, 11) is -3.13. The maximum atomic E-state index is 12.3. The van der Waals surface area contributed by atoms with E-state index < -0.39 is 7.60 Å². The van der Waals surface area contributed by atoms with Crippen molar-refractivity contribution < 1.29 is 13.6 Å². The predicted molar refractivity (Wildman–Crippen MR) is 70.9 cm³/mol. The second-order valence-corrected chi connectivity index (χ2v) is 6.27. The molecule has 0 aromatic carbocycles. The average molecular weight is 323 g/mol. The van der Waals surface area contributed by atoms with Crippen LogP contribution in [0.25, 0.3) is 0 Å². The minimum absolute atomic E-state index is 0.132. The predicted octanol–water partition coefficient (Wildman–Crippen LogP) is 3.19. The van der Waals surface area contributed by atoms with Crippen LogP contribution in [0.4, 0.5) is 5.82 Å². The molecule has 96 valence electrons. The molecule has 0 aliphatic carbocycles. The van der Waals surface area contributed by atoms with Crippen LogP contribution in [0.1, 0.15) is 19.4 Å². The summed E-state index contributed by atoms with van der Waals surface area (Å²) in [6.07, 6.45) is 1.72. The van der Waals surface area contributed by atoms with Crippen molar-refractivity contribution in [3.63, 3.8) is 0 Å². The monoisotopic (exact) mass is 322 g/mol. The van der Waals surface area contributed by atoms with Crippen molar-refractivity contribution in [1.29, 1.82) is 0 Å². The number of pyridine rings is 1. The van der Waals surface area contributed by atoms with E-state index in [1.807, 2.05) is 0 Å². The molecule has 17 heavy (non-hydrogen) atoms. The fourth-order valence-corrected chi connectivity index (χ4v) is 3.44. The van der Waals surface area contributed by atoms with Gasteiger partial charge in [0.05, 0.1) is 19.4 Å². The van der Waals surface area contributed by atoms with Crippen LogP contribution in [0.3, 0.4) is 0 Å². The number of hydrogen-bond donors (Lipinski definition) is 1. The third-order valence-electron chi connectivity index (χ3n) is 1.98. The number of nitrogens with two attached hydrogens (primary N) is 1. The molecule has 0 saturated heterocycles. The van der Waals surface area contributed by atoms with Crippen LogP contribution in [0.2, 0.25) is 0 Å². The molecule has 1 heterocycles. The van der Waals surface area contributed by atoms with E-state index in [0.29, 0.717) is 24.6 Å². The van der Waals surface area contributed by atoms with Crippen LogP contribution in [0.15, 0.2) is 16.7 Å². The molecular weight excluding hydrogens is 307 g/mol. The number of nitrogen functional groups attached to an aromatic ring is 1. The lowest BCUT2D eigenvalue weighted by Gasteiger charge is -2.17. The molecule has 5 nitrogen and oxygen atoms in total. The summed E-state index contributed by atoms with van der Waals surface area (Å²) >= 11 is 3.29. The summed E-state index contributed by atoms with van der Waals surface area (Å²) in [5.74, 6) is 0.341. The number of hydrogen-bond acceptors (Lipinski definition) is 5. The first kappa shape index (κ1) is 14.6. The molecule has 1 aromatic heterocycles. The fraction of sp³-hybridized carbons (Fsp3) is 0.500. The van der Waals surface area contributed by atoms with Gasteiger partial charge in [-0.3, -0.25) is 4.57 Å². The van der Waals surface area contributed by atoms with Crippen molar-refractivity contribution in [1.82, 2.24) is 4.98 Å². The fourth-order valence-electron chi connectivity index (χ4n) is 1.35. The topological polar surface area (TPSA) is 74.4 Å². The van der Waals surface area contributed by atoms with Crippen molar-refractivity contribution in [2.75, 3.05) is 18.9 Å². The standard InChI is InChI=1S/C10H16BrN2O3P/c1-3-15-17(14,16-4-2)7-8-5-9(11)6-13-10(8)12/h5-6H,3-4,7H2,1-2H3,(H2,12,13). The number of nitrogens with zero attached hydrogens (tertiary/aromatic N) is 1.